The van der Waals surface area contributed by atoms with Crippen LogP contribution in [-0.2, 0) is 42.2 Å². The Kier molecular flexibility index (Phi) is 50.1. The van der Waals surface area contributed by atoms with Crippen molar-refractivity contribution in [3.63, 3.8) is 0 Å². The monoisotopic (exact) mass is 1020 g/mol. The van der Waals surface area contributed by atoms with Gasteiger partial charge in [-0.15, -0.1) is 0 Å². The number of allylic oxidation sites excluding steroid dienone is 20. The standard InChI is InChI=1S/C60H97O11P/c1-4-7-10-13-16-19-21-23-25-27-28-30-32-34-36-39-42-45-48-51-60(64)71-57(53-67-58(62)49-46-43-40-38-35-33-31-29-26-24-22-20-17-14-11-8-5-2)55-69-72(65,66)68-54-56(52-61)70-59(63)50-47-44-41-37-18-15-12-9-6-3/h7-8,10-11,16-17,19-20,23-26,28,30-31,33-34,36,42,45,56-57,61H,4-6,9,12-15,18,21-22,27,29,32,35,37-41,43-44,46-55H2,1-3H3,(H,65,66)/b10-7-,11-8-,19-16-,20-17-,25-23-,26-24-,30-28-,33-31-,36-34-,45-42-. The highest BCUT2D eigenvalue weighted by Crippen LogP contribution is 2.43. The number of esters is 3. The molecule has 0 fully saturated rings. The first-order chi connectivity index (χ1) is 35.2. The molecule has 408 valence electrons. The van der Waals surface area contributed by atoms with Gasteiger partial charge in [-0.05, 0) is 96.3 Å². The molecule has 0 aromatic rings. The van der Waals surface area contributed by atoms with Crippen LogP contribution in [-0.4, -0.2) is 66.5 Å². The molecule has 0 radical (unpaired) electrons. The SMILES string of the molecule is CC/C=C\C/C=C\C/C=C\C/C=C\C/C=C\C/C=C\CCC(=O)OC(COC(=O)CCCCCC/C=C\C/C=C\C/C=C\C/C=C\CC)COP(=O)(O)OCC(CO)OC(=O)CCCCCCCCCCC. The minimum Gasteiger partial charge on any atom is -0.462 e. The number of hydrogen-bond donors (Lipinski definition) is 2. The Hall–Kier alpha value is -4.12. The van der Waals surface area contributed by atoms with Gasteiger partial charge in [0.25, 0.3) is 0 Å². The molecule has 0 bridgehead atoms. The number of carbonyl (C=O) groups excluding carboxylic acids is 3. The van der Waals surface area contributed by atoms with Crippen molar-refractivity contribution in [1.82, 2.24) is 0 Å². The zero-order chi connectivity index (χ0) is 52.7. The van der Waals surface area contributed by atoms with Gasteiger partial charge in [0.1, 0.15) is 12.7 Å². The van der Waals surface area contributed by atoms with Crippen molar-refractivity contribution in [1.29, 1.82) is 0 Å². The van der Waals surface area contributed by atoms with Crippen molar-refractivity contribution >= 4 is 25.7 Å². The molecule has 0 rings (SSSR count). The Morgan fingerprint density at radius 1 is 0.403 bits per heavy atom. The lowest BCUT2D eigenvalue weighted by Crippen LogP contribution is -2.30. The summed E-state index contributed by atoms with van der Waals surface area (Å²) in [6, 6.07) is 0. The topological polar surface area (TPSA) is 155 Å². The van der Waals surface area contributed by atoms with E-state index in [-0.39, 0.29) is 25.9 Å². The molecule has 3 atom stereocenters. The van der Waals surface area contributed by atoms with Gasteiger partial charge in [0.15, 0.2) is 6.10 Å². The smallest absolute Gasteiger partial charge is 0.462 e. The number of hydrogen-bond acceptors (Lipinski definition) is 10. The second kappa shape index (κ2) is 53.2. The van der Waals surface area contributed by atoms with Crippen molar-refractivity contribution in [3.05, 3.63) is 122 Å². The highest BCUT2D eigenvalue weighted by atomic mass is 31.2. The van der Waals surface area contributed by atoms with E-state index in [0.717, 1.165) is 103 Å². The molecule has 0 aliphatic carbocycles. The maximum atomic E-state index is 12.9. The molecular formula is C60H97O11P. The fourth-order valence-corrected chi connectivity index (χ4v) is 7.57. The summed E-state index contributed by atoms with van der Waals surface area (Å²) < 4.78 is 39.3. The Labute approximate surface area is 437 Å². The van der Waals surface area contributed by atoms with Gasteiger partial charge in [0.2, 0.25) is 0 Å². The lowest BCUT2D eigenvalue weighted by molar-refractivity contribution is -0.161. The second-order valence-corrected chi connectivity index (χ2v) is 19.1. The number of phosphoric acid groups is 1. The van der Waals surface area contributed by atoms with Gasteiger partial charge in [-0.2, -0.15) is 0 Å². The number of rotatable bonds is 49. The first-order valence-corrected chi connectivity index (χ1v) is 28.9. The largest absolute Gasteiger partial charge is 0.472 e. The minimum absolute atomic E-state index is 0.0312. The van der Waals surface area contributed by atoms with E-state index in [9.17, 15) is 28.9 Å². The summed E-state index contributed by atoms with van der Waals surface area (Å²) in [5, 5.41) is 9.76. The molecular weight excluding hydrogens is 928 g/mol. The highest BCUT2D eigenvalue weighted by molar-refractivity contribution is 7.47. The maximum absolute atomic E-state index is 12.9. The molecule has 0 aliphatic rings. The third kappa shape index (κ3) is 50.8. The molecule has 72 heavy (non-hydrogen) atoms. The van der Waals surface area contributed by atoms with Gasteiger partial charge in [0, 0.05) is 19.3 Å². The molecule has 0 heterocycles. The molecule has 0 spiro atoms. The Morgan fingerprint density at radius 3 is 1.19 bits per heavy atom. The van der Waals surface area contributed by atoms with Crippen LogP contribution in [0.15, 0.2) is 122 Å². The summed E-state index contributed by atoms with van der Waals surface area (Å²) >= 11 is 0. The van der Waals surface area contributed by atoms with Crippen LogP contribution in [0.4, 0.5) is 0 Å². The highest BCUT2D eigenvalue weighted by Gasteiger charge is 2.28. The van der Waals surface area contributed by atoms with Crippen LogP contribution in [0.3, 0.4) is 0 Å². The maximum Gasteiger partial charge on any atom is 0.472 e. The van der Waals surface area contributed by atoms with Crippen molar-refractivity contribution in [3.8, 4) is 0 Å². The van der Waals surface area contributed by atoms with Crippen molar-refractivity contribution in [2.45, 2.75) is 213 Å². The molecule has 12 heteroatoms. The molecule has 3 unspecified atom stereocenters. The van der Waals surface area contributed by atoms with Gasteiger partial charge in [-0.3, -0.25) is 23.4 Å². The summed E-state index contributed by atoms with van der Waals surface area (Å²) in [6.45, 7) is 4.25. The molecule has 0 aliphatic heterocycles. The number of aliphatic hydroxyl groups excluding tert-OH is 1. The van der Waals surface area contributed by atoms with Gasteiger partial charge < -0.3 is 24.2 Å². The third-order valence-electron chi connectivity index (χ3n) is 10.9. The van der Waals surface area contributed by atoms with E-state index in [0.29, 0.717) is 25.7 Å². The molecule has 11 nitrogen and oxygen atoms in total. The average Bonchev–Trinajstić information content (AvgIpc) is 3.37. The summed E-state index contributed by atoms with van der Waals surface area (Å²) in [7, 11) is -4.77. The van der Waals surface area contributed by atoms with Crippen LogP contribution in [0.1, 0.15) is 201 Å². The molecule has 0 aromatic heterocycles. The Balaban J connectivity index is 4.91. The molecule has 0 saturated heterocycles. The van der Waals surface area contributed by atoms with Crippen LogP contribution >= 0.6 is 7.82 Å². The van der Waals surface area contributed by atoms with E-state index in [1.54, 1.807) is 0 Å². The summed E-state index contributed by atoms with van der Waals surface area (Å²) in [4.78, 5) is 48.3. The Bertz CT molecular complexity index is 1670. The fraction of sp³-hybridized carbons (Fsp3) is 0.617. The van der Waals surface area contributed by atoms with E-state index >= 15 is 0 Å². The average molecular weight is 1030 g/mol. The normalized spacial score (nSPS) is 14.3. The minimum atomic E-state index is -4.77. The second-order valence-electron chi connectivity index (χ2n) is 17.6. The van der Waals surface area contributed by atoms with Gasteiger partial charge in [-0.25, -0.2) is 4.57 Å². The van der Waals surface area contributed by atoms with Crippen LogP contribution in [0.5, 0.6) is 0 Å². The van der Waals surface area contributed by atoms with Crippen molar-refractivity contribution < 1.29 is 52.2 Å². The van der Waals surface area contributed by atoms with E-state index in [4.69, 9.17) is 23.3 Å². The molecule has 0 amide bonds. The van der Waals surface area contributed by atoms with Crippen LogP contribution in [0.2, 0.25) is 0 Å². The predicted octanol–water partition coefficient (Wildman–Crippen LogP) is 16.0. The lowest BCUT2D eigenvalue weighted by atomic mass is 10.1. The Morgan fingerprint density at radius 2 is 0.750 bits per heavy atom. The summed E-state index contributed by atoms with van der Waals surface area (Å²) in [5.74, 6) is -1.61. The van der Waals surface area contributed by atoms with Gasteiger partial charge in [-0.1, -0.05) is 206 Å². The van der Waals surface area contributed by atoms with E-state index in [1.807, 2.05) is 12.2 Å². The van der Waals surface area contributed by atoms with Crippen molar-refractivity contribution in [2.75, 3.05) is 26.4 Å². The number of phosphoric ester groups is 1. The van der Waals surface area contributed by atoms with Gasteiger partial charge in [0.05, 0.1) is 19.8 Å². The van der Waals surface area contributed by atoms with Crippen molar-refractivity contribution in [2.24, 2.45) is 0 Å². The first kappa shape index (κ1) is 67.9. The molecule has 0 aromatic carbocycles. The van der Waals surface area contributed by atoms with Crippen LogP contribution < -0.4 is 0 Å². The van der Waals surface area contributed by atoms with E-state index in [1.165, 1.54) is 32.1 Å². The third-order valence-corrected chi connectivity index (χ3v) is 11.8. The number of unbranched alkanes of at least 4 members (excludes halogenated alkanes) is 12. The number of carbonyl (C=O) groups is 3. The zero-order valence-corrected chi connectivity index (χ0v) is 45.7. The fourth-order valence-electron chi connectivity index (χ4n) is 6.78. The number of ether oxygens (including phenoxy) is 3. The zero-order valence-electron chi connectivity index (χ0n) is 44.8. The summed E-state index contributed by atoms with van der Waals surface area (Å²) in [5.41, 5.74) is 0. The molecule has 0 saturated carbocycles. The van der Waals surface area contributed by atoms with Crippen LogP contribution in [0, 0.1) is 0 Å². The molecule has 2 N–H and O–H groups in total. The first-order valence-electron chi connectivity index (χ1n) is 27.4. The lowest BCUT2D eigenvalue weighted by Gasteiger charge is -2.21. The van der Waals surface area contributed by atoms with Gasteiger partial charge >= 0.3 is 25.7 Å². The van der Waals surface area contributed by atoms with E-state index in [2.05, 4.69) is 130 Å². The number of aliphatic hydroxyl groups is 1. The van der Waals surface area contributed by atoms with Crippen LogP contribution in [0.25, 0.3) is 0 Å². The quantitative estimate of drug-likeness (QED) is 0.0197. The predicted molar refractivity (Wildman–Crippen MR) is 297 cm³/mol. The summed E-state index contributed by atoms with van der Waals surface area (Å²) in [6.07, 6.45) is 64.7. The van der Waals surface area contributed by atoms with E-state index < -0.39 is 57.8 Å².